The van der Waals surface area contributed by atoms with Crippen LogP contribution in [0.15, 0.2) is 48.8 Å². The van der Waals surface area contributed by atoms with E-state index in [1.54, 1.807) is 18.5 Å². The van der Waals surface area contributed by atoms with Gasteiger partial charge in [0.05, 0.1) is 0 Å². The summed E-state index contributed by atoms with van der Waals surface area (Å²) < 4.78 is 0. The van der Waals surface area contributed by atoms with E-state index in [9.17, 15) is 4.79 Å². The summed E-state index contributed by atoms with van der Waals surface area (Å²) in [4.78, 5) is 22.5. The molecule has 1 atom stereocenters. The summed E-state index contributed by atoms with van der Waals surface area (Å²) >= 11 is 0. The Balaban J connectivity index is 1.47. The highest BCUT2D eigenvalue weighted by Gasteiger charge is 2.31. The topological polar surface area (TPSA) is 58.1 Å². The number of benzene rings is 1. The fourth-order valence-electron chi connectivity index (χ4n) is 2.74. The largest absolute Gasteiger partial charge is 0.342 e. The molecule has 3 rings (SSSR count). The van der Waals surface area contributed by atoms with Crippen molar-refractivity contribution in [2.45, 2.75) is 25.3 Å². The fourth-order valence-corrected chi connectivity index (χ4v) is 2.74. The number of hydrogen-bond acceptors (Lipinski definition) is 4. The lowest BCUT2D eigenvalue weighted by molar-refractivity contribution is -0.128. The molecule has 1 N–H and O–H groups in total. The van der Waals surface area contributed by atoms with Gasteiger partial charge in [0.2, 0.25) is 11.9 Å². The number of amides is 1. The minimum absolute atomic E-state index is 0.153. The average molecular weight is 296 g/mol. The zero-order valence-electron chi connectivity index (χ0n) is 12.5. The van der Waals surface area contributed by atoms with Crippen molar-refractivity contribution in [3.05, 3.63) is 54.4 Å². The number of anilines is 1. The van der Waals surface area contributed by atoms with E-state index in [0.29, 0.717) is 5.95 Å². The van der Waals surface area contributed by atoms with Crippen LogP contribution in [-0.2, 0) is 11.2 Å². The van der Waals surface area contributed by atoms with Crippen molar-refractivity contribution >= 4 is 11.9 Å². The minimum Gasteiger partial charge on any atom is -0.342 e. The zero-order valence-corrected chi connectivity index (χ0v) is 12.5. The number of nitrogens with zero attached hydrogens (tertiary/aromatic N) is 3. The van der Waals surface area contributed by atoms with Crippen LogP contribution in [0.5, 0.6) is 0 Å². The lowest BCUT2D eigenvalue weighted by atomic mass is 10.1. The van der Waals surface area contributed by atoms with E-state index >= 15 is 0 Å². The number of carbonyl (C=O) groups excluding carboxylic acids is 1. The van der Waals surface area contributed by atoms with Crippen molar-refractivity contribution in [3.63, 3.8) is 0 Å². The molecule has 5 heteroatoms. The quantitative estimate of drug-likeness (QED) is 0.887. The Kier molecular flexibility index (Phi) is 4.63. The van der Waals surface area contributed by atoms with Crippen LogP contribution in [0, 0.1) is 0 Å². The SMILES string of the molecule is O=C1C(Nc2ncccn2)CCN1CCCc1ccccc1. The maximum absolute atomic E-state index is 12.4. The summed E-state index contributed by atoms with van der Waals surface area (Å²) in [5.41, 5.74) is 1.32. The third-order valence-corrected chi connectivity index (χ3v) is 3.90. The van der Waals surface area contributed by atoms with Gasteiger partial charge in [-0.15, -0.1) is 0 Å². The molecule has 114 valence electrons. The first kappa shape index (κ1) is 14.5. The Bertz CT molecular complexity index is 603. The van der Waals surface area contributed by atoms with Crippen LogP contribution in [0.25, 0.3) is 0 Å². The van der Waals surface area contributed by atoms with Gasteiger partial charge in [-0.2, -0.15) is 0 Å². The molecule has 1 aliphatic heterocycles. The number of carbonyl (C=O) groups is 1. The standard InChI is InChI=1S/C17H20N4O/c22-16-15(20-17-18-10-5-11-19-17)9-13-21(16)12-4-8-14-6-2-1-3-7-14/h1-3,5-7,10-11,15H,4,8-9,12-13H2,(H,18,19,20). The average Bonchev–Trinajstić information content (AvgIpc) is 2.90. The molecule has 1 aromatic carbocycles. The third kappa shape index (κ3) is 3.61. The number of nitrogens with one attached hydrogen (secondary N) is 1. The maximum Gasteiger partial charge on any atom is 0.245 e. The second-order valence-electron chi connectivity index (χ2n) is 5.47. The van der Waals surface area contributed by atoms with Gasteiger partial charge in [-0.05, 0) is 30.9 Å². The predicted octanol–water partition coefficient (Wildman–Crippen LogP) is 2.12. The summed E-state index contributed by atoms with van der Waals surface area (Å²) in [6.45, 7) is 1.61. The summed E-state index contributed by atoms with van der Waals surface area (Å²) in [5.74, 6) is 0.674. The predicted molar refractivity (Wildman–Crippen MR) is 85.4 cm³/mol. The first-order valence-corrected chi connectivity index (χ1v) is 7.69. The van der Waals surface area contributed by atoms with Crippen molar-refractivity contribution in [1.29, 1.82) is 0 Å². The number of likely N-dealkylation sites (tertiary alicyclic amines) is 1. The molecule has 0 radical (unpaired) electrons. The van der Waals surface area contributed by atoms with Crippen LogP contribution in [0.2, 0.25) is 0 Å². The molecule has 0 bridgehead atoms. The Morgan fingerprint density at radius 3 is 2.68 bits per heavy atom. The Labute approximate surface area is 130 Å². The Hall–Kier alpha value is -2.43. The Morgan fingerprint density at radius 2 is 1.91 bits per heavy atom. The molecule has 1 amide bonds. The van der Waals surface area contributed by atoms with E-state index in [1.807, 2.05) is 11.0 Å². The van der Waals surface area contributed by atoms with Crippen molar-refractivity contribution in [2.75, 3.05) is 18.4 Å². The fraction of sp³-hybridized carbons (Fsp3) is 0.353. The zero-order chi connectivity index (χ0) is 15.2. The monoisotopic (exact) mass is 296 g/mol. The maximum atomic E-state index is 12.4. The first-order chi connectivity index (χ1) is 10.8. The van der Waals surface area contributed by atoms with Crippen LogP contribution in [0.3, 0.4) is 0 Å². The smallest absolute Gasteiger partial charge is 0.245 e. The number of hydrogen-bond donors (Lipinski definition) is 1. The molecule has 1 unspecified atom stereocenters. The van der Waals surface area contributed by atoms with Gasteiger partial charge >= 0.3 is 0 Å². The number of aromatic nitrogens is 2. The van der Waals surface area contributed by atoms with Gasteiger partial charge in [0.25, 0.3) is 0 Å². The lowest BCUT2D eigenvalue weighted by Crippen LogP contribution is -2.34. The highest BCUT2D eigenvalue weighted by atomic mass is 16.2. The van der Waals surface area contributed by atoms with Crippen LogP contribution in [0.4, 0.5) is 5.95 Å². The molecule has 1 aliphatic rings. The molecule has 2 heterocycles. The van der Waals surface area contributed by atoms with Crippen LogP contribution < -0.4 is 5.32 Å². The molecule has 0 aliphatic carbocycles. The van der Waals surface area contributed by atoms with Crippen LogP contribution in [-0.4, -0.2) is 39.9 Å². The van der Waals surface area contributed by atoms with E-state index in [4.69, 9.17) is 0 Å². The van der Waals surface area contributed by atoms with E-state index in [-0.39, 0.29) is 11.9 Å². The number of rotatable bonds is 6. The summed E-state index contributed by atoms with van der Waals surface area (Å²) in [5, 5.41) is 3.12. The van der Waals surface area contributed by atoms with Crippen LogP contribution in [0.1, 0.15) is 18.4 Å². The molecule has 22 heavy (non-hydrogen) atoms. The van der Waals surface area contributed by atoms with Gasteiger partial charge < -0.3 is 10.2 Å². The molecular weight excluding hydrogens is 276 g/mol. The first-order valence-electron chi connectivity index (χ1n) is 7.69. The Morgan fingerprint density at radius 1 is 1.14 bits per heavy atom. The van der Waals surface area contributed by atoms with E-state index in [1.165, 1.54) is 5.56 Å². The summed E-state index contributed by atoms with van der Waals surface area (Å²) in [6, 6.07) is 11.9. The van der Waals surface area contributed by atoms with E-state index < -0.39 is 0 Å². The van der Waals surface area contributed by atoms with Gasteiger partial charge in [0, 0.05) is 25.5 Å². The summed E-state index contributed by atoms with van der Waals surface area (Å²) in [6.07, 6.45) is 6.15. The molecule has 0 spiro atoms. The van der Waals surface area contributed by atoms with Crippen molar-refractivity contribution in [3.8, 4) is 0 Å². The molecule has 1 fully saturated rings. The van der Waals surface area contributed by atoms with Crippen molar-refractivity contribution < 1.29 is 4.79 Å². The number of aryl methyl sites for hydroxylation is 1. The highest BCUT2D eigenvalue weighted by Crippen LogP contribution is 2.15. The second-order valence-corrected chi connectivity index (χ2v) is 5.47. The molecule has 1 aromatic heterocycles. The highest BCUT2D eigenvalue weighted by molar-refractivity contribution is 5.86. The van der Waals surface area contributed by atoms with Crippen molar-refractivity contribution in [1.82, 2.24) is 14.9 Å². The third-order valence-electron chi connectivity index (χ3n) is 3.90. The molecule has 5 nitrogen and oxygen atoms in total. The second kappa shape index (κ2) is 7.02. The van der Waals surface area contributed by atoms with E-state index in [0.717, 1.165) is 32.4 Å². The van der Waals surface area contributed by atoms with Gasteiger partial charge in [0.15, 0.2) is 0 Å². The molecular formula is C17H20N4O. The van der Waals surface area contributed by atoms with Gasteiger partial charge in [-0.1, -0.05) is 30.3 Å². The molecule has 2 aromatic rings. The van der Waals surface area contributed by atoms with Gasteiger partial charge in [-0.25, -0.2) is 9.97 Å². The normalized spacial score (nSPS) is 17.7. The van der Waals surface area contributed by atoms with Crippen LogP contribution >= 0.6 is 0 Å². The van der Waals surface area contributed by atoms with Gasteiger partial charge in [-0.3, -0.25) is 4.79 Å². The molecule has 0 saturated carbocycles. The van der Waals surface area contributed by atoms with Gasteiger partial charge in [0.1, 0.15) is 6.04 Å². The van der Waals surface area contributed by atoms with Crippen molar-refractivity contribution in [2.24, 2.45) is 0 Å². The van der Waals surface area contributed by atoms with E-state index in [2.05, 4.69) is 39.6 Å². The summed E-state index contributed by atoms with van der Waals surface area (Å²) in [7, 11) is 0. The minimum atomic E-state index is -0.195. The lowest BCUT2D eigenvalue weighted by Gasteiger charge is -2.17. The molecule has 1 saturated heterocycles.